The Labute approximate surface area is 128 Å². The summed E-state index contributed by atoms with van der Waals surface area (Å²) in [4.78, 5) is 0.289. The SMILES string of the molecule is CCCCCC(C)NS(=O)(=O)c1c(C)oc(C)c1CNC. The van der Waals surface area contributed by atoms with Crippen LogP contribution in [0.3, 0.4) is 0 Å². The molecule has 0 aliphatic rings. The molecule has 1 rings (SSSR count). The van der Waals surface area contributed by atoms with E-state index in [1.54, 1.807) is 20.9 Å². The van der Waals surface area contributed by atoms with E-state index in [1.165, 1.54) is 0 Å². The zero-order valence-electron chi connectivity index (χ0n) is 13.7. The van der Waals surface area contributed by atoms with Gasteiger partial charge in [-0.2, -0.15) is 0 Å². The number of sulfonamides is 1. The number of furan rings is 1. The summed E-state index contributed by atoms with van der Waals surface area (Å²) in [5.41, 5.74) is 0.711. The lowest BCUT2D eigenvalue weighted by molar-refractivity contribution is 0.491. The van der Waals surface area contributed by atoms with Crippen molar-refractivity contribution < 1.29 is 12.8 Å². The minimum Gasteiger partial charge on any atom is -0.465 e. The summed E-state index contributed by atoms with van der Waals surface area (Å²) >= 11 is 0. The van der Waals surface area contributed by atoms with Crippen LogP contribution in [0, 0.1) is 13.8 Å². The Kier molecular flexibility index (Phi) is 6.90. The predicted molar refractivity (Wildman–Crippen MR) is 84.9 cm³/mol. The van der Waals surface area contributed by atoms with Crippen molar-refractivity contribution in [2.24, 2.45) is 0 Å². The molecule has 0 aliphatic carbocycles. The molecule has 0 fully saturated rings. The Balaban J connectivity index is 2.92. The third-order valence-electron chi connectivity index (χ3n) is 3.54. The number of nitrogens with one attached hydrogen (secondary N) is 2. The van der Waals surface area contributed by atoms with Gasteiger partial charge in [-0.3, -0.25) is 0 Å². The van der Waals surface area contributed by atoms with Crippen molar-refractivity contribution in [3.8, 4) is 0 Å². The largest absolute Gasteiger partial charge is 0.465 e. The van der Waals surface area contributed by atoms with Crippen LogP contribution >= 0.6 is 0 Å². The molecule has 0 amide bonds. The van der Waals surface area contributed by atoms with Crippen molar-refractivity contribution in [3.63, 3.8) is 0 Å². The highest BCUT2D eigenvalue weighted by molar-refractivity contribution is 7.89. The van der Waals surface area contributed by atoms with Crippen molar-refractivity contribution in [2.75, 3.05) is 7.05 Å². The molecule has 0 aliphatic heterocycles. The molecule has 6 heteroatoms. The van der Waals surface area contributed by atoms with Crippen LogP contribution in [0.2, 0.25) is 0 Å². The van der Waals surface area contributed by atoms with Gasteiger partial charge in [0.1, 0.15) is 16.4 Å². The first-order valence-corrected chi connectivity index (χ1v) is 9.07. The van der Waals surface area contributed by atoms with E-state index in [2.05, 4.69) is 17.0 Å². The highest BCUT2D eigenvalue weighted by Crippen LogP contribution is 2.26. The van der Waals surface area contributed by atoms with Crippen LogP contribution in [0.4, 0.5) is 0 Å². The van der Waals surface area contributed by atoms with Gasteiger partial charge in [0.25, 0.3) is 0 Å². The fourth-order valence-electron chi connectivity index (χ4n) is 2.53. The van der Waals surface area contributed by atoms with Gasteiger partial charge in [-0.1, -0.05) is 26.2 Å². The number of unbranched alkanes of at least 4 members (excludes halogenated alkanes) is 2. The third kappa shape index (κ3) is 4.83. The number of hydrogen-bond donors (Lipinski definition) is 2. The summed E-state index contributed by atoms with van der Waals surface area (Å²) in [5, 5.41) is 2.99. The van der Waals surface area contributed by atoms with Crippen LogP contribution in [0.1, 0.15) is 56.6 Å². The maximum Gasteiger partial charge on any atom is 0.244 e. The molecule has 1 heterocycles. The molecule has 0 bridgehead atoms. The van der Waals surface area contributed by atoms with Gasteiger partial charge >= 0.3 is 0 Å². The van der Waals surface area contributed by atoms with Gasteiger partial charge in [0.05, 0.1) is 0 Å². The molecule has 0 spiro atoms. The lowest BCUT2D eigenvalue weighted by Gasteiger charge is -2.14. The van der Waals surface area contributed by atoms with Crippen LogP contribution < -0.4 is 10.0 Å². The molecule has 0 saturated heterocycles. The molecule has 1 atom stereocenters. The molecule has 0 aromatic carbocycles. The van der Waals surface area contributed by atoms with Gasteiger partial charge in [-0.15, -0.1) is 0 Å². The van der Waals surface area contributed by atoms with Gasteiger partial charge < -0.3 is 9.73 Å². The van der Waals surface area contributed by atoms with Crippen LogP contribution in [0.15, 0.2) is 9.31 Å². The Bertz CT molecular complexity index is 550. The monoisotopic (exact) mass is 316 g/mol. The molecule has 0 radical (unpaired) electrons. The predicted octanol–water partition coefficient (Wildman–Crippen LogP) is 2.86. The van der Waals surface area contributed by atoms with Crippen molar-refractivity contribution in [2.45, 2.75) is 70.9 Å². The highest BCUT2D eigenvalue weighted by Gasteiger charge is 2.27. The molecule has 1 unspecified atom stereocenters. The first-order valence-electron chi connectivity index (χ1n) is 7.59. The van der Waals surface area contributed by atoms with E-state index in [9.17, 15) is 8.42 Å². The Morgan fingerprint density at radius 2 is 1.86 bits per heavy atom. The zero-order chi connectivity index (χ0) is 16.0. The van der Waals surface area contributed by atoms with Crippen LogP contribution in [0.5, 0.6) is 0 Å². The van der Waals surface area contributed by atoms with E-state index in [4.69, 9.17) is 4.42 Å². The molecule has 0 saturated carbocycles. The summed E-state index contributed by atoms with van der Waals surface area (Å²) in [7, 11) is -1.75. The summed E-state index contributed by atoms with van der Waals surface area (Å²) in [6.45, 7) is 8.01. The maximum atomic E-state index is 12.6. The van der Waals surface area contributed by atoms with Crippen LogP contribution in [-0.2, 0) is 16.6 Å². The van der Waals surface area contributed by atoms with Crippen LogP contribution in [-0.4, -0.2) is 21.5 Å². The standard InChI is InChI=1S/C15H28N2O3S/c1-6-7-8-9-11(2)17-21(18,19)15-13(4)20-12(3)14(15)10-16-5/h11,16-17H,6-10H2,1-5H3. The fourth-order valence-corrected chi connectivity index (χ4v) is 4.25. The van der Waals surface area contributed by atoms with Gasteiger partial charge in [0.15, 0.2) is 0 Å². The minimum atomic E-state index is -3.54. The lowest BCUT2D eigenvalue weighted by atomic mass is 10.1. The van der Waals surface area contributed by atoms with Gasteiger partial charge in [0.2, 0.25) is 10.0 Å². The molecular formula is C15H28N2O3S. The fraction of sp³-hybridized carbons (Fsp3) is 0.733. The minimum absolute atomic E-state index is 0.0707. The highest BCUT2D eigenvalue weighted by atomic mass is 32.2. The Morgan fingerprint density at radius 1 is 1.19 bits per heavy atom. The lowest BCUT2D eigenvalue weighted by Crippen LogP contribution is -2.33. The second-order valence-electron chi connectivity index (χ2n) is 5.57. The molecular weight excluding hydrogens is 288 g/mol. The van der Waals surface area contributed by atoms with E-state index in [0.717, 1.165) is 25.7 Å². The topological polar surface area (TPSA) is 71.3 Å². The molecule has 2 N–H and O–H groups in total. The van der Waals surface area contributed by atoms with Crippen molar-refractivity contribution in [1.82, 2.24) is 10.0 Å². The van der Waals surface area contributed by atoms with Gasteiger partial charge in [0, 0.05) is 18.2 Å². The average molecular weight is 316 g/mol. The molecule has 1 aromatic rings. The van der Waals surface area contributed by atoms with Crippen molar-refractivity contribution in [1.29, 1.82) is 0 Å². The van der Waals surface area contributed by atoms with E-state index in [0.29, 0.717) is 23.6 Å². The first kappa shape index (κ1) is 18.2. The van der Waals surface area contributed by atoms with Crippen LogP contribution in [0.25, 0.3) is 0 Å². The summed E-state index contributed by atoms with van der Waals surface area (Å²) in [6, 6.07) is -0.0707. The second-order valence-corrected chi connectivity index (χ2v) is 7.22. The van der Waals surface area contributed by atoms with Crippen molar-refractivity contribution >= 4 is 10.0 Å². The van der Waals surface area contributed by atoms with E-state index in [1.807, 2.05) is 6.92 Å². The summed E-state index contributed by atoms with van der Waals surface area (Å²) in [5.74, 6) is 1.10. The van der Waals surface area contributed by atoms with E-state index in [-0.39, 0.29) is 10.9 Å². The van der Waals surface area contributed by atoms with E-state index >= 15 is 0 Å². The zero-order valence-corrected chi connectivity index (χ0v) is 14.6. The average Bonchev–Trinajstić information content (AvgIpc) is 2.65. The van der Waals surface area contributed by atoms with Gasteiger partial charge in [-0.05, 0) is 34.2 Å². The Hall–Kier alpha value is -0.850. The second kappa shape index (κ2) is 7.96. The normalized spacial score (nSPS) is 13.6. The summed E-state index contributed by atoms with van der Waals surface area (Å²) < 4.78 is 33.5. The third-order valence-corrected chi connectivity index (χ3v) is 5.33. The molecule has 1 aromatic heterocycles. The maximum absolute atomic E-state index is 12.6. The smallest absolute Gasteiger partial charge is 0.244 e. The molecule has 21 heavy (non-hydrogen) atoms. The quantitative estimate of drug-likeness (QED) is 0.687. The first-order chi connectivity index (χ1) is 9.83. The van der Waals surface area contributed by atoms with Gasteiger partial charge in [-0.25, -0.2) is 13.1 Å². The summed E-state index contributed by atoms with van der Waals surface area (Å²) in [6.07, 6.45) is 4.14. The number of rotatable bonds is 9. The number of aryl methyl sites for hydroxylation is 2. The molecule has 122 valence electrons. The Morgan fingerprint density at radius 3 is 2.43 bits per heavy atom. The number of hydrogen-bond acceptors (Lipinski definition) is 4. The van der Waals surface area contributed by atoms with Crippen molar-refractivity contribution in [3.05, 3.63) is 17.1 Å². The molecule has 5 nitrogen and oxygen atoms in total. The van der Waals surface area contributed by atoms with E-state index < -0.39 is 10.0 Å².